The minimum atomic E-state index is -3.45. The van der Waals surface area contributed by atoms with Gasteiger partial charge in [0.1, 0.15) is 23.5 Å². The van der Waals surface area contributed by atoms with Gasteiger partial charge in [-0.3, -0.25) is 0 Å². The molecule has 0 saturated heterocycles. The van der Waals surface area contributed by atoms with Crippen LogP contribution in [-0.4, -0.2) is 59.1 Å². The van der Waals surface area contributed by atoms with Gasteiger partial charge in [-0.1, -0.05) is 0 Å². The van der Waals surface area contributed by atoms with Crippen LogP contribution in [0.3, 0.4) is 0 Å². The molecule has 21 heavy (non-hydrogen) atoms. The molecule has 1 aliphatic rings. The van der Waals surface area contributed by atoms with Gasteiger partial charge in [-0.2, -0.15) is 0 Å². The minimum Gasteiger partial charge on any atom is -0.393 e. The van der Waals surface area contributed by atoms with Crippen molar-refractivity contribution in [3.63, 3.8) is 0 Å². The summed E-state index contributed by atoms with van der Waals surface area (Å²) in [5.74, 6) is -3.45. The fourth-order valence-corrected chi connectivity index (χ4v) is 2.79. The van der Waals surface area contributed by atoms with Gasteiger partial charge >= 0.3 is 0 Å². The number of hydrogen-bond acceptors (Lipinski definition) is 7. The van der Waals surface area contributed by atoms with Crippen LogP contribution in [0.1, 0.15) is 12.5 Å². The van der Waals surface area contributed by atoms with Crippen molar-refractivity contribution in [2.24, 2.45) is 0 Å². The average molecular weight is 301 g/mol. The zero-order valence-electron chi connectivity index (χ0n) is 10.7. The molecule has 0 aromatic carbocycles. The van der Waals surface area contributed by atoms with Gasteiger partial charge in [-0.25, -0.2) is 23.7 Å². The van der Waals surface area contributed by atoms with Crippen LogP contribution in [0.15, 0.2) is 12.7 Å². The standard InChI is InChI=1S/C11H13F2N5O3/c12-11(13)1-5(20)10(21,2-19)9(11)18-4-17-6-7(14)15-3-16-8(6)18/h3-5,9,19-21H,1-2H2,(H2,14,15,16). The van der Waals surface area contributed by atoms with Crippen molar-refractivity contribution in [2.45, 2.75) is 30.1 Å². The Kier molecular flexibility index (Phi) is 2.87. The second-order valence-electron chi connectivity index (χ2n) is 5.12. The Morgan fingerprint density at radius 2 is 2.10 bits per heavy atom. The number of nitrogens with two attached hydrogens (primary N) is 1. The highest BCUT2D eigenvalue weighted by Crippen LogP contribution is 2.50. The van der Waals surface area contributed by atoms with E-state index in [1.807, 2.05) is 0 Å². The minimum absolute atomic E-state index is 0.00634. The molecular weight excluding hydrogens is 288 g/mol. The summed E-state index contributed by atoms with van der Waals surface area (Å²) in [7, 11) is 0. The van der Waals surface area contributed by atoms with Gasteiger partial charge in [0.25, 0.3) is 5.92 Å². The Morgan fingerprint density at radius 3 is 2.76 bits per heavy atom. The van der Waals surface area contributed by atoms with Crippen LogP contribution in [0.5, 0.6) is 0 Å². The number of hydrogen-bond donors (Lipinski definition) is 4. The maximum atomic E-state index is 14.2. The summed E-state index contributed by atoms with van der Waals surface area (Å²) in [5.41, 5.74) is 3.28. The first kappa shape index (κ1) is 14.0. The van der Waals surface area contributed by atoms with Gasteiger partial charge in [-0.05, 0) is 0 Å². The molecule has 3 unspecified atom stereocenters. The molecule has 0 radical (unpaired) electrons. The van der Waals surface area contributed by atoms with Crippen molar-refractivity contribution in [2.75, 3.05) is 12.3 Å². The first-order chi connectivity index (χ1) is 9.81. The third-order valence-corrected chi connectivity index (χ3v) is 3.83. The topological polar surface area (TPSA) is 130 Å². The number of halogens is 2. The normalized spacial score (nSPS) is 31.9. The maximum Gasteiger partial charge on any atom is 0.274 e. The molecule has 3 rings (SSSR count). The molecule has 5 N–H and O–H groups in total. The van der Waals surface area contributed by atoms with E-state index in [-0.39, 0.29) is 17.0 Å². The van der Waals surface area contributed by atoms with Crippen molar-refractivity contribution in [3.8, 4) is 0 Å². The zero-order chi connectivity index (χ0) is 15.4. The lowest BCUT2D eigenvalue weighted by molar-refractivity contribution is -0.129. The molecule has 2 aromatic rings. The predicted octanol–water partition coefficient (Wildman–Crippen LogP) is -0.927. The van der Waals surface area contributed by atoms with E-state index in [9.17, 15) is 24.1 Å². The molecule has 1 saturated carbocycles. The number of rotatable bonds is 2. The molecule has 114 valence electrons. The summed E-state index contributed by atoms with van der Waals surface area (Å²) >= 11 is 0. The Hall–Kier alpha value is -1.91. The molecule has 2 aromatic heterocycles. The van der Waals surface area contributed by atoms with Gasteiger partial charge in [0.2, 0.25) is 0 Å². The van der Waals surface area contributed by atoms with Crippen LogP contribution in [0.4, 0.5) is 14.6 Å². The number of nitrogen functional groups attached to an aromatic ring is 1. The van der Waals surface area contributed by atoms with E-state index >= 15 is 0 Å². The van der Waals surface area contributed by atoms with E-state index in [0.717, 1.165) is 17.2 Å². The number of nitrogens with zero attached hydrogens (tertiary/aromatic N) is 4. The molecule has 1 aliphatic carbocycles. The quantitative estimate of drug-likeness (QED) is 0.564. The summed E-state index contributed by atoms with van der Waals surface area (Å²) in [6.45, 7) is -1.03. The SMILES string of the molecule is Nc1ncnc2c1ncn2C1C(F)(F)CC(O)C1(O)CO. The Morgan fingerprint density at radius 1 is 1.38 bits per heavy atom. The van der Waals surface area contributed by atoms with Gasteiger partial charge < -0.3 is 25.6 Å². The van der Waals surface area contributed by atoms with Crippen LogP contribution >= 0.6 is 0 Å². The van der Waals surface area contributed by atoms with E-state index in [1.165, 1.54) is 0 Å². The zero-order valence-corrected chi connectivity index (χ0v) is 10.7. The summed E-state index contributed by atoms with van der Waals surface area (Å²) in [5, 5.41) is 29.2. The molecule has 8 nitrogen and oxygen atoms in total. The van der Waals surface area contributed by atoms with Crippen molar-refractivity contribution < 1.29 is 24.1 Å². The van der Waals surface area contributed by atoms with Crippen LogP contribution in [0.2, 0.25) is 0 Å². The Labute approximate surface area is 116 Å². The molecule has 1 fully saturated rings. The second kappa shape index (κ2) is 4.29. The third-order valence-electron chi connectivity index (χ3n) is 3.83. The number of fused-ring (bicyclic) bond motifs is 1. The first-order valence-electron chi connectivity index (χ1n) is 6.13. The summed E-state index contributed by atoms with van der Waals surface area (Å²) < 4.78 is 29.3. The number of aliphatic hydroxyl groups excluding tert-OH is 2. The lowest BCUT2D eigenvalue weighted by Gasteiger charge is -2.32. The highest BCUT2D eigenvalue weighted by Gasteiger charge is 2.65. The predicted molar refractivity (Wildman–Crippen MR) is 66.4 cm³/mol. The lowest BCUT2D eigenvalue weighted by Crippen LogP contribution is -2.49. The molecule has 0 spiro atoms. The number of aliphatic hydroxyl groups is 3. The van der Waals surface area contributed by atoms with Crippen molar-refractivity contribution in [1.82, 2.24) is 19.5 Å². The molecule has 2 heterocycles. The maximum absolute atomic E-state index is 14.2. The molecular formula is C11H13F2N5O3. The molecule has 3 atom stereocenters. The number of anilines is 1. The van der Waals surface area contributed by atoms with Gasteiger partial charge in [0.05, 0.1) is 19.0 Å². The van der Waals surface area contributed by atoms with Crippen molar-refractivity contribution >= 4 is 17.0 Å². The first-order valence-corrected chi connectivity index (χ1v) is 6.13. The summed E-state index contributed by atoms with van der Waals surface area (Å²) in [6, 6.07) is -1.91. The fraction of sp³-hybridized carbons (Fsp3) is 0.545. The molecule has 0 bridgehead atoms. The van der Waals surface area contributed by atoms with E-state index in [2.05, 4.69) is 15.0 Å². The number of aromatic nitrogens is 4. The highest BCUT2D eigenvalue weighted by atomic mass is 19.3. The Balaban J connectivity index is 2.22. The third kappa shape index (κ3) is 1.79. The molecule has 0 amide bonds. The van der Waals surface area contributed by atoms with Crippen LogP contribution in [0.25, 0.3) is 11.2 Å². The monoisotopic (exact) mass is 301 g/mol. The Bertz CT molecular complexity index is 694. The van der Waals surface area contributed by atoms with Gasteiger partial charge in [0, 0.05) is 6.42 Å². The van der Waals surface area contributed by atoms with Crippen LogP contribution in [0, 0.1) is 0 Å². The van der Waals surface area contributed by atoms with E-state index in [1.54, 1.807) is 0 Å². The number of alkyl halides is 2. The molecule has 10 heteroatoms. The fourth-order valence-electron chi connectivity index (χ4n) is 2.79. The number of imidazole rings is 1. The van der Waals surface area contributed by atoms with E-state index in [0.29, 0.717) is 0 Å². The largest absolute Gasteiger partial charge is 0.393 e. The second-order valence-corrected chi connectivity index (χ2v) is 5.12. The average Bonchev–Trinajstić information content (AvgIpc) is 2.89. The van der Waals surface area contributed by atoms with Crippen LogP contribution in [-0.2, 0) is 0 Å². The smallest absolute Gasteiger partial charge is 0.274 e. The lowest BCUT2D eigenvalue weighted by atomic mass is 9.95. The van der Waals surface area contributed by atoms with Crippen molar-refractivity contribution in [1.29, 1.82) is 0 Å². The summed E-state index contributed by atoms with van der Waals surface area (Å²) in [4.78, 5) is 11.4. The van der Waals surface area contributed by atoms with E-state index in [4.69, 9.17) is 5.73 Å². The van der Waals surface area contributed by atoms with Crippen molar-refractivity contribution in [3.05, 3.63) is 12.7 Å². The highest BCUT2D eigenvalue weighted by molar-refractivity contribution is 5.81. The van der Waals surface area contributed by atoms with Gasteiger partial charge in [0.15, 0.2) is 11.5 Å². The van der Waals surface area contributed by atoms with Gasteiger partial charge in [-0.15, -0.1) is 0 Å². The molecule has 0 aliphatic heterocycles. The van der Waals surface area contributed by atoms with Crippen LogP contribution < -0.4 is 5.73 Å². The van der Waals surface area contributed by atoms with E-state index < -0.39 is 36.7 Å². The summed E-state index contributed by atoms with van der Waals surface area (Å²) in [6.07, 6.45) is -0.640.